The van der Waals surface area contributed by atoms with Gasteiger partial charge in [-0.3, -0.25) is 14.2 Å². The van der Waals surface area contributed by atoms with Crippen molar-refractivity contribution >= 4 is 40.4 Å². The number of thiazole rings is 1. The van der Waals surface area contributed by atoms with E-state index in [0.29, 0.717) is 33.7 Å². The molecule has 4 nitrogen and oxygen atoms in total. The van der Waals surface area contributed by atoms with Crippen LogP contribution in [0, 0.1) is 6.92 Å². The van der Waals surface area contributed by atoms with Crippen molar-refractivity contribution in [1.29, 1.82) is 0 Å². The maximum Gasteiger partial charge on any atom is 0.308 e. The molecule has 0 fully saturated rings. The van der Waals surface area contributed by atoms with Crippen LogP contribution in [-0.4, -0.2) is 29.0 Å². The number of carbonyl (C=O) groups is 1. The van der Waals surface area contributed by atoms with Crippen molar-refractivity contribution in [3.05, 3.63) is 54.0 Å². The van der Waals surface area contributed by atoms with Crippen molar-refractivity contribution in [2.24, 2.45) is 0 Å². The van der Waals surface area contributed by atoms with Crippen molar-refractivity contribution in [2.45, 2.75) is 33.2 Å². The molecular weight excluding hydrogens is 367 g/mol. The number of halogens is 2. The van der Waals surface area contributed by atoms with Crippen molar-refractivity contribution in [1.82, 2.24) is 9.47 Å². The van der Waals surface area contributed by atoms with Crippen LogP contribution in [0.2, 0.25) is 10.0 Å². The zero-order chi connectivity index (χ0) is 17.9. The molecule has 0 bridgehead atoms. The lowest BCUT2D eigenvalue weighted by Crippen LogP contribution is -2.27. The molecule has 0 radical (unpaired) electrons. The standard InChI is InChI=1S/C17H20Cl2N2O2S/c1-4-5-8-20(3)16(22)15-11(2)21(17(23)24-15)10-12-6-7-13(18)14(19)9-12/h6-7,9H,4-5,8,10H2,1-3H3. The number of unbranched alkanes of at least 4 members (excludes halogenated alkanes) is 1. The summed E-state index contributed by atoms with van der Waals surface area (Å²) in [5, 5.41) is 0.925. The first-order chi connectivity index (χ1) is 11.3. The SMILES string of the molecule is CCCCN(C)C(=O)c1sc(=O)n(Cc2ccc(Cl)c(Cl)c2)c1C. The van der Waals surface area contributed by atoms with Crippen LogP contribution in [0.15, 0.2) is 23.0 Å². The molecule has 0 aliphatic carbocycles. The topological polar surface area (TPSA) is 42.3 Å². The Balaban J connectivity index is 2.27. The Hall–Kier alpha value is -1.30. The van der Waals surface area contributed by atoms with Gasteiger partial charge in [0.25, 0.3) is 5.91 Å². The monoisotopic (exact) mass is 386 g/mol. The van der Waals surface area contributed by atoms with Gasteiger partial charge < -0.3 is 4.90 Å². The molecule has 0 aliphatic heterocycles. The second-order valence-electron chi connectivity index (χ2n) is 5.70. The van der Waals surface area contributed by atoms with Gasteiger partial charge in [-0.15, -0.1) is 0 Å². The van der Waals surface area contributed by atoms with Crippen LogP contribution in [-0.2, 0) is 6.54 Å². The molecule has 0 atom stereocenters. The second kappa shape index (κ2) is 8.19. The summed E-state index contributed by atoms with van der Waals surface area (Å²) in [6.07, 6.45) is 1.96. The van der Waals surface area contributed by atoms with Crippen LogP contribution < -0.4 is 4.87 Å². The molecule has 2 aromatic rings. The molecule has 1 aromatic heterocycles. The summed E-state index contributed by atoms with van der Waals surface area (Å²) in [5.41, 5.74) is 1.55. The Morgan fingerprint density at radius 3 is 2.62 bits per heavy atom. The average molecular weight is 387 g/mol. The molecule has 2 rings (SSSR count). The quantitative estimate of drug-likeness (QED) is 0.735. The van der Waals surface area contributed by atoms with E-state index in [1.165, 1.54) is 0 Å². The van der Waals surface area contributed by atoms with E-state index in [-0.39, 0.29) is 10.8 Å². The molecule has 24 heavy (non-hydrogen) atoms. The van der Waals surface area contributed by atoms with Crippen molar-refractivity contribution < 1.29 is 4.79 Å². The van der Waals surface area contributed by atoms with Gasteiger partial charge >= 0.3 is 4.87 Å². The van der Waals surface area contributed by atoms with E-state index in [4.69, 9.17) is 23.2 Å². The predicted molar refractivity (Wildman–Crippen MR) is 101 cm³/mol. The summed E-state index contributed by atoms with van der Waals surface area (Å²) in [6.45, 7) is 4.93. The minimum atomic E-state index is -0.147. The molecule has 0 spiro atoms. The molecule has 0 aliphatic rings. The average Bonchev–Trinajstić information content (AvgIpc) is 2.83. The van der Waals surface area contributed by atoms with Crippen molar-refractivity contribution in [3.8, 4) is 0 Å². The maximum atomic E-state index is 12.5. The van der Waals surface area contributed by atoms with Crippen LogP contribution in [0.1, 0.15) is 40.7 Å². The first-order valence-electron chi connectivity index (χ1n) is 7.74. The Kier molecular flexibility index (Phi) is 6.49. The fraction of sp³-hybridized carbons (Fsp3) is 0.412. The minimum Gasteiger partial charge on any atom is -0.341 e. The number of carbonyl (C=O) groups excluding carboxylic acids is 1. The van der Waals surface area contributed by atoms with Crippen LogP contribution in [0.25, 0.3) is 0 Å². The lowest BCUT2D eigenvalue weighted by Gasteiger charge is -2.16. The molecule has 0 saturated carbocycles. The van der Waals surface area contributed by atoms with Gasteiger partial charge in [-0.25, -0.2) is 0 Å². The highest BCUT2D eigenvalue weighted by molar-refractivity contribution is 7.11. The third kappa shape index (κ3) is 4.21. The number of benzene rings is 1. The number of rotatable bonds is 6. The Bertz CT molecular complexity index is 798. The highest BCUT2D eigenvalue weighted by Gasteiger charge is 2.20. The minimum absolute atomic E-state index is 0.101. The van der Waals surface area contributed by atoms with E-state index in [1.54, 1.807) is 35.6 Å². The molecule has 1 amide bonds. The fourth-order valence-corrected chi connectivity index (χ4v) is 3.66. The first-order valence-corrected chi connectivity index (χ1v) is 9.32. The van der Waals surface area contributed by atoms with E-state index in [9.17, 15) is 9.59 Å². The van der Waals surface area contributed by atoms with E-state index >= 15 is 0 Å². The van der Waals surface area contributed by atoms with Crippen LogP contribution in [0.4, 0.5) is 0 Å². The summed E-state index contributed by atoms with van der Waals surface area (Å²) >= 11 is 12.9. The normalized spacial score (nSPS) is 10.9. The third-order valence-corrected chi connectivity index (χ3v) is 5.66. The van der Waals surface area contributed by atoms with Crippen LogP contribution in [0.5, 0.6) is 0 Å². The van der Waals surface area contributed by atoms with Gasteiger partial charge in [0.1, 0.15) is 4.88 Å². The van der Waals surface area contributed by atoms with Crippen molar-refractivity contribution in [2.75, 3.05) is 13.6 Å². The van der Waals surface area contributed by atoms with Gasteiger partial charge in [-0.05, 0) is 31.0 Å². The number of aromatic nitrogens is 1. The zero-order valence-electron chi connectivity index (χ0n) is 13.9. The number of amides is 1. The summed E-state index contributed by atoms with van der Waals surface area (Å²) in [6, 6.07) is 5.27. The maximum absolute atomic E-state index is 12.5. The lowest BCUT2D eigenvalue weighted by atomic mass is 10.2. The van der Waals surface area contributed by atoms with Gasteiger partial charge in [0.15, 0.2) is 0 Å². The van der Waals surface area contributed by atoms with Gasteiger partial charge in [0.05, 0.1) is 16.6 Å². The van der Waals surface area contributed by atoms with Gasteiger partial charge in [-0.2, -0.15) is 0 Å². The van der Waals surface area contributed by atoms with Crippen LogP contribution in [0.3, 0.4) is 0 Å². The summed E-state index contributed by atoms with van der Waals surface area (Å²) in [4.78, 5) is 26.9. The fourth-order valence-electron chi connectivity index (χ4n) is 2.35. The lowest BCUT2D eigenvalue weighted by molar-refractivity contribution is 0.0796. The molecule has 1 aromatic carbocycles. The highest BCUT2D eigenvalue weighted by atomic mass is 35.5. The molecule has 0 saturated heterocycles. The second-order valence-corrected chi connectivity index (χ2v) is 7.47. The summed E-state index contributed by atoms with van der Waals surface area (Å²) in [7, 11) is 1.77. The van der Waals surface area contributed by atoms with Gasteiger partial charge in [0, 0.05) is 19.3 Å². The van der Waals surface area contributed by atoms with Gasteiger partial charge in [0.2, 0.25) is 0 Å². The molecular formula is C17H20Cl2N2O2S. The van der Waals surface area contributed by atoms with Crippen LogP contribution >= 0.6 is 34.5 Å². The number of nitrogens with zero attached hydrogens (tertiary/aromatic N) is 2. The van der Waals surface area contributed by atoms with E-state index in [1.807, 2.05) is 6.07 Å². The van der Waals surface area contributed by atoms with Gasteiger partial charge in [-0.1, -0.05) is 53.9 Å². The third-order valence-electron chi connectivity index (χ3n) is 3.86. The van der Waals surface area contributed by atoms with E-state index in [0.717, 1.165) is 29.7 Å². The number of hydrogen-bond acceptors (Lipinski definition) is 3. The molecule has 0 unspecified atom stereocenters. The smallest absolute Gasteiger partial charge is 0.308 e. The predicted octanol–water partition coefficient (Wildman–Crippen LogP) is 4.45. The largest absolute Gasteiger partial charge is 0.341 e. The Morgan fingerprint density at radius 2 is 2.00 bits per heavy atom. The zero-order valence-corrected chi connectivity index (χ0v) is 16.3. The van der Waals surface area contributed by atoms with E-state index in [2.05, 4.69) is 6.92 Å². The first kappa shape index (κ1) is 19.0. The number of hydrogen-bond donors (Lipinski definition) is 0. The van der Waals surface area contributed by atoms with E-state index < -0.39 is 0 Å². The molecule has 7 heteroatoms. The molecule has 130 valence electrons. The summed E-state index contributed by atoms with van der Waals surface area (Å²) in [5.74, 6) is -0.101. The molecule has 1 heterocycles. The Labute approximate surface area is 155 Å². The highest BCUT2D eigenvalue weighted by Crippen LogP contribution is 2.23. The molecule has 0 N–H and O–H groups in total. The van der Waals surface area contributed by atoms with Crippen molar-refractivity contribution in [3.63, 3.8) is 0 Å². The Morgan fingerprint density at radius 1 is 1.29 bits per heavy atom. The summed E-state index contributed by atoms with van der Waals surface area (Å²) < 4.78 is 1.60.